The Balaban J connectivity index is 2.06. The number of quaternary nitrogens is 1. The summed E-state index contributed by atoms with van der Waals surface area (Å²) in [4.78, 5) is 26.1. The van der Waals surface area contributed by atoms with E-state index < -0.39 is 11.7 Å². The molecular weight excluding hydrogens is 395 g/mol. The highest BCUT2D eigenvalue weighted by Crippen LogP contribution is 2.22. The average molecular weight is 417 g/mol. The fourth-order valence-electron chi connectivity index (χ4n) is 2.42. The average Bonchev–Trinajstić information content (AvgIpc) is 2.46. The fraction of sp³-hybridized carbons (Fsp3) is 0.500. The van der Waals surface area contributed by atoms with Crippen molar-refractivity contribution in [1.29, 1.82) is 0 Å². The summed E-state index contributed by atoms with van der Waals surface area (Å²) in [5.74, 6) is 0. The van der Waals surface area contributed by atoms with E-state index >= 15 is 0 Å². The summed E-state index contributed by atoms with van der Waals surface area (Å²) in [6, 6.07) is 8.24. The summed E-state index contributed by atoms with van der Waals surface area (Å²) in [7, 11) is 0. The number of imide groups is 1. The van der Waals surface area contributed by atoms with Crippen LogP contribution in [0.25, 0.3) is 0 Å². The number of carbonyl (C=O) groups is 2. The number of piperazine rings is 1. The standard InChI is InChI=1S/C16H22IN2O3/c1-16(2,3)22-15(21)19(12-20)10-8-18(9-11-19)14-6-4-13(17)5-7-14/h4-7,12H,8-11H2,1-3H3/q+1. The highest BCUT2D eigenvalue weighted by molar-refractivity contribution is 14.1. The molecule has 0 radical (unpaired) electrons. The van der Waals surface area contributed by atoms with Gasteiger partial charge >= 0.3 is 12.5 Å². The van der Waals surface area contributed by atoms with Crippen LogP contribution in [0.15, 0.2) is 24.3 Å². The quantitative estimate of drug-likeness (QED) is 0.422. The van der Waals surface area contributed by atoms with Gasteiger partial charge in [-0.05, 0) is 67.6 Å². The minimum absolute atomic E-state index is 0.252. The third-order valence-corrected chi connectivity index (χ3v) is 4.41. The third kappa shape index (κ3) is 3.98. The first-order chi connectivity index (χ1) is 10.3. The molecule has 1 fully saturated rings. The first-order valence-electron chi connectivity index (χ1n) is 7.33. The van der Waals surface area contributed by atoms with Gasteiger partial charge < -0.3 is 9.64 Å². The van der Waals surface area contributed by atoms with Crippen LogP contribution in [0.3, 0.4) is 0 Å². The van der Waals surface area contributed by atoms with E-state index in [1.165, 1.54) is 3.57 Å². The molecule has 1 saturated heterocycles. The van der Waals surface area contributed by atoms with Crippen LogP contribution in [0.5, 0.6) is 0 Å². The molecule has 0 aliphatic carbocycles. The number of ether oxygens (including phenoxy) is 1. The molecule has 5 nitrogen and oxygen atoms in total. The molecule has 1 aromatic rings. The highest BCUT2D eigenvalue weighted by atomic mass is 127. The number of nitrogens with zero attached hydrogens (tertiary/aromatic N) is 2. The van der Waals surface area contributed by atoms with Gasteiger partial charge in [0, 0.05) is 9.26 Å². The lowest BCUT2D eigenvalue weighted by Crippen LogP contribution is -2.62. The van der Waals surface area contributed by atoms with Gasteiger partial charge in [0.25, 0.3) is 0 Å². The molecule has 1 aromatic carbocycles. The second kappa shape index (κ2) is 6.54. The van der Waals surface area contributed by atoms with Crippen LogP contribution >= 0.6 is 22.6 Å². The van der Waals surface area contributed by atoms with Gasteiger partial charge in [-0.15, -0.1) is 0 Å². The van der Waals surface area contributed by atoms with E-state index in [1.807, 2.05) is 20.8 Å². The van der Waals surface area contributed by atoms with Crippen LogP contribution in [0, 0.1) is 3.57 Å². The van der Waals surface area contributed by atoms with Gasteiger partial charge in [0.1, 0.15) is 18.7 Å². The first kappa shape index (κ1) is 17.2. The van der Waals surface area contributed by atoms with Crippen molar-refractivity contribution in [3.63, 3.8) is 0 Å². The predicted octanol–water partition coefficient (Wildman–Crippen LogP) is 3.02. The van der Waals surface area contributed by atoms with Crippen LogP contribution in [0.4, 0.5) is 10.5 Å². The van der Waals surface area contributed by atoms with E-state index in [2.05, 4.69) is 51.8 Å². The Morgan fingerprint density at radius 3 is 2.23 bits per heavy atom. The second-order valence-corrected chi connectivity index (χ2v) is 7.78. The van der Waals surface area contributed by atoms with Crippen LogP contribution in [0.1, 0.15) is 20.8 Å². The zero-order valence-corrected chi connectivity index (χ0v) is 15.4. The molecule has 22 heavy (non-hydrogen) atoms. The molecule has 0 atom stereocenters. The Bertz CT molecular complexity index is 544. The van der Waals surface area contributed by atoms with Crippen LogP contribution in [0.2, 0.25) is 0 Å². The van der Waals surface area contributed by atoms with Crippen molar-refractivity contribution in [2.45, 2.75) is 26.4 Å². The molecule has 0 aromatic heterocycles. The molecule has 120 valence electrons. The van der Waals surface area contributed by atoms with E-state index in [9.17, 15) is 9.59 Å². The van der Waals surface area contributed by atoms with Crippen molar-refractivity contribution in [3.8, 4) is 0 Å². The molecule has 0 spiro atoms. The highest BCUT2D eigenvalue weighted by Gasteiger charge is 2.44. The van der Waals surface area contributed by atoms with Gasteiger partial charge in [-0.25, -0.2) is 4.79 Å². The molecule has 6 heteroatoms. The Morgan fingerprint density at radius 2 is 1.77 bits per heavy atom. The van der Waals surface area contributed by atoms with Gasteiger partial charge in [0.15, 0.2) is 0 Å². The molecule has 1 aliphatic rings. The van der Waals surface area contributed by atoms with Gasteiger partial charge in [0.05, 0.1) is 13.1 Å². The number of hydrogen-bond donors (Lipinski definition) is 0. The summed E-state index contributed by atoms with van der Waals surface area (Å²) >= 11 is 2.27. The number of amides is 2. The number of halogens is 1. The maximum absolute atomic E-state index is 12.4. The molecule has 0 saturated carbocycles. The van der Waals surface area contributed by atoms with Crippen molar-refractivity contribution < 1.29 is 18.8 Å². The summed E-state index contributed by atoms with van der Waals surface area (Å²) < 4.78 is 6.34. The van der Waals surface area contributed by atoms with Gasteiger partial charge in [-0.3, -0.25) is 0 Å². The Morgan fingerprint density at radius 1 is 1.23 bits per heavy atom. The monoisotopic (exact) mass is 417 g/mol. The van der Waals surface area contributed by atoms with E-state index in [0.717, 1.165) is 12.1 Å². The summed E-state index contributed by atoms with van der Waals surface area (Å²) in [5.41, 5.74) is 0.534. The fourth-order valence-corrected chi connectivity index (χ4v) is 2.78. The minimum Gasteiger partial charge on any atom is -0.414 e. The summed E-state index contributed by atoms with van der Waals surface area (Å²) in [6.45, 7) is 7.61. The summed E-state index contributed by atoms with van der Waals surface area (Å²) in [5, 5.41) is 0. The molecule has 2 amide bonds. The minimum atomic E-state index is -0.585. The van der Waals surface area contributed by atoms with E-state index in [-0.39, 0.29) is 4.48 Å². The normalized spacial score (nSPS) is 17.9. The summed E-state index contributed by atoms with van der Waals surface area (Å²) in [6.07, 6.45) is 0.268. The number of anilines is 1. The zero-order chi connectivity index (χ0) is 16.4. The van der Waals surface area contributed by atoms with Crippen molar-refractivity contribution in [3.05, 3.63) is 27.8 Å². The van der Waals surface area contributed by atoms with Gasteiger partial charge in [0.2, 0.25) is 0 Å². The third-order valence-electron chi connectivity index (χ3n) is 3.69. The Hall–Kier alpha value is -1.15. The lowest BCUT2D eigenvalue weighted by atomic mass is 10.2. The van der Waals surface area contributed by atoms with Crippen molar-refractivity contribution in [2.75, 3.05) is 31.1 Å². The molecule has 0 bridgehead atoms. The van der Waals surface area contributed by atoms with Crippen molar-refractivity contribution in [2.24, 2.45) is 0 Å². The Kier molecular flexibility index (Phi) is 5.11. The van der Waals surface area contributed by atoms with Crippen LogP contribution in [-0.2, 0) is 9.53 Å². The molecular formula is C16H22IN2O3+. The van der Waals surface area contributed by atoms with Crippen molar-refractivity contribution in [1.82, 2.24) is 0 Å². The number of hydrogen-bond acceptors (Lipinski definition) is 4. The zero-order valence-electron chi connectivity index (χ0n) is 13.2. The largest absolute Gasteiger partial charge is 0.524 e. The van der Waals surface area contributed by atoms with E-state index in [0.29, 0.717) is 26.2 Å². The van der Waals surface area contributed by atoms with Crippen molar-refractivity contribution >= 4 is 40.8 Å². The number of rotatable bonds is 2. The van der Waals surface area contributed by atoms with Crippen LogP contribution < -0.4 is 4.90 Å². The lowest BCUT2D eigenvalue weighted by molar-refractivity contribution is -0.775. The van der Waals surface area contributed by atoms with Crippen LogP contribution in [-0.4, -0.2) is 48.8 Å². The maximum atomic E-state index is 12.4. The molecule has 0 unspecified atom stereocenters. The second-order valence-electron chi connectivity index (χ2n) is 6.53. The predicted molar refractivity (Wildman–Crippen MR) is 93.7 cm³/mol. The molecule has 1 heterocycles. The lowest BCUT2D eigenvalue weighted by Gasteiger charge is -2.39. The first-order valence-corrected chi connectivity index (χ1v) is 8.41. The smallest absolute Gasteiger partial charge is 0.414 e. The maximum Gasteiger partial charge on any atom is 0.524 e. The number of carbonyl (C=O) groups excluding carboxylic acids is 2. The number of benzene rings is 1. The molecule has 1 aliphatic heterocycles. The topological polar surface area (TPSA) is 46.6 Å². The van der Waals surface area contributed by atoms with E-state index in [1.54, 1.807) is 0 Å². The van der Waals surface area contributed by atoms with Gasteiger partial charge in [-0.1, -0.05) is 0 Å². The SMILES string of the molecule is CC(C)(C)OC(=O)[N+]1(C=O)CCN(c2ccc(I)cc2)CC1. The molecule has 0 N–H and O–H groups in total. The van der Waals surface area contributed by atoms with Gasteiger partial charge in [-0.2, -0.15) is 9.28 Å². The Labute approximate surface area is 145 Å². The van der Waals surface area contributed by atoms with E-state index in [4.69, 9.17) is 4.74 Å². The molecule has 2 rings (SSSR count).